The molecule has 0 spiro atoms. The van der Waals surface area contributed by atoms with Gasteiger partial charge in [0.1, 0.15) is 0 Å². The molecule has 2 unspecified atom stereocenters. The summed E-state index contributed by atoms with van der Waals surface area (Å²) in [4.78, 5) is 2.06. The fraction of sp³-hybridized carbons (Fsp3) is 0.727. The van der Waals surface area contributed by atoms with E-state index in [-0.39, 0.29) is 5.04 Å². The summed E-state index contributed by atoms with van der Waals surface area (Å²) in [6.07, 6.45) is 5.55. The zero-order chi connectivity index (χ0) is 19.3. The molecular weight excluding hydrogens is 338 g/mol. The fourth-order valence-corrected chi connectivity index (χ4v) is 4.93. The van der Waals surface area contributed by atoms with E-state index in [0.29, 0.717) is 13.0 Å². The van der Waals surface area contributed by atoms with Crippen molar-refractivity contribution in [2.75, 3.05) is 18.6 Å². The zero-order valence-electron chi connectivity index (χ0n) is 17.8. The Morgan fingerprint density at radius 3 is 2.31 bits per heavy atom. The number of rotatable bonds is 3. The first-order chi connectivity index (χ1) is 11.9. The summed E-state index contributed by atoms with van der Waals surface area (Å²) in [5.41, 5.74) is 4.53. The Balaban J connectivity index is 1.80. The monoisotopic (exact) mass is 375 g/mol. The lowest BCUT2D eigenvalue weighted by atomic mass is 9.97. The van der Waals surface area contributed by atoms with Crippen LogP contribution < -0.4 is 4.90 Å². The third-order valence-corrected chi connectivity index (χ3v) is 11.6. The van der Waals surface area contributed by atoms with Crippen molar-refractivity contribution >= 4 is 14.0 Å². The van der Waals surface area contributed by atoms with E-state index in [1.165, 1.54) is 41.6 Å². The smallest absolute Gasteiger partial charge is 0.192 e. The maximum absolute atomic E-state index is 11.4. The molecule has 0 fully saturated rings. The normalized spacial score (nSPS) is 26.5. The van der Waals surface area contributed by atoms with Gasteiger partial charge in [-0.1, -0.05) is 33.8 Å². The Morgan fingerprint density at radius 2 is 1.73 bits per heavy atom. The molecule has 146 valence electrons. The Kier molecular flexibility index (Phi) is 5.09. The minimum absolute atomic E-state index is 0.154. The molecule has 0 radical (unpaired) electrons. The van der Waals surface area contributed by atoms with Gasteiger partial charge in [-0.05, 0) is 72.5 Å². The highest BCUT2D eigenvalue weighted by Gasteiger charge is 2.44. The van der Waals surface area contributed by atoms with Crippen molar-refractivity contribution in [2.24, 2.45) is 5.92 Å². The molecule has 0 amide bonds. The number of likely N-dealkylation sites (N-methyl/N-ethyl adjacent to an activating group) is 1. The van der Waals surface area contributed by atoms with Crippen molar-refractivity contribution in [2.45, 2.75) is 83.7 Å². The quantitative estimate of drug-likeness (QED) is 0.602. The van der Waals surface area contributed by atoms with E-state index in [4.69, 9.17) is 4.43 Å². The minimum Gasteiger partial charge on any atom is -0.412 e. The first kappa shape index (κ1) is 19.9. The molecule has 1 heterocycles. The molecule has 2 aliphatic rings. The van der Waals surface area contributed by atoms with Crippen molar-refractivity contribution < 1.29 is 9.53 Å². The summed E-state index contributed by atoms with van der Waals surface area (Å²) >= 11 is 0. The van der Waals surface area contributed by atoms with Crippen molar-refractivity contribution in [3.8, 4) is 0 Å². The molecule has 0 aromatic heterocycles. The largest absolute Gasteiger partial charge is 0.412 e. The van der Waals surface area contributed by atoms with E-state index in [2.05, 4.69) is 57.8 Å². The van der Waals surface area contributed by atoms with Gasteiger partial charge in [0.25, 0.3) is 0 Å². The van der Waals surface area contributed by atoms with Crippen LogP contribution in [0.3, 0.4) is 0 Å². The number of hydrogen-bond acceptors (Lipinski definition) is 3. The summed E-state index contributed by atoms with van der Waals surface area (Å²) in [7, 11) is 0.141. The molecule has 1 aliphatic heterocycles. The van der Waals surface area contributed by atoms with Gasteiger partial charge in [0.2, 0.25) is 0 Å². The third kappa shape index (κ3) is 3.60. The Bertz CT molecular complexity index is 679. The topological polar surface area (TPSA) is 32.7 Å². The second-order valence-corrected chi connectivity index (χ2v) is 15.0. The lowest BCUT2D eigenvalue weighted by Gasteiger charge is -2.40. The molecule has 4 heteroatoms. The molecule has 3 nitrogen and oxygen atoms in total. The van der Waals surface area contributed by atoms with Crippen LogP contribution in [-0.4, -0.2) is 32.8 Å². The highest BCUT2D eigenvalue weighted by atomic mass is 28.4. The van der Waals surface area contributed by atoms with Gasteiger partial charge < -0.3 is 14.4 Å². The van der Waals surface area contributed by atoms with Crippen molar-refractivity contribution in [3.05, 3.63) is 28.8 Å². The van der Waals surface area contributed by atoms with Gasteiger partial charge in [0.05, 0.1) is 6.61 Å². The summed E-state index contributed by atoms with van der Waals surface area (Å²) in [6, 6.07) is 4.70. The highest BCUT2D eigenvalue weighted by Crippen LogP contribution is 2.42. The van der Waals surface area contributed by atoms with Crippen LogP contribution in [0.15, 0.2) is 12.1 Å². The SMILES string of the molecule is CC1CCc2cc3c(cc2CC1)N(C)C(O)(CO[Si](C)(C)C(C)(C)C)C3. The first-order valence-electron chi connectivity index (χ1n) is 10.2. The highest BCUT2D eigenvalue weighted by molar-refractivity contribution is 6.74. The predicted molar refractivity (Wildman–Crippen MR) is 112 cm³/mol. The maximum Gasteiger partial charge on any atom is 0.192 e. The summed E-state index contributed by atoms with van der Waals surface area (Å²) in [5.74, 6) is 0.810. The molecule has 1 aromatic carbocycles. The van der Waals surface area contributed by atoms with Crippen molar-refractivity contribution in [1.29, 1.82) is 0 Å². The fourth-order valence-electron chi connectivity index (χ4n) is 3.90. The van der Waals surface area contributed by atoms with Gasteiger partial charge in [-0.2, -0.15) is 0 Å². The summed E-state index contributed by atoms with van der Waals surface area (Å²) < 4.78 is 6.39. The second-order valence-electron chi connectivity index (χ2n) is 10.2. The molecule has 3 rings (SSSR count). The number of anilines is 1. The van der Waals surface area contributed by atoms with Gasteiger partial charge in [-0.15, -0.1) is 0 Å². The number of fused-ring (bicyclic) bond motifs is 2. The minimum atomic E-state index is -1.88. The van der Waals surface area contributed by atoms with Gasteiger partial charge in [0.15, 0.2) is 14.0 Å². The van der Waals surface area contributed by atoms with E-state index in [1.807, 2.05) is 7.05 Å². The molecule has 26 heavy (non-hydrogen) atoms. The van der Waals surface area contributed by atoms with Crippen LogP contribution in [0.5, 0.6) is 0 Å². The van der Waals surface area contributed by atoms with E-state index in [9.17, 15) is 5.11 Å². The lowest BCUT2D eigenvalue weighted by molar-refractivity contribution is -0.000669. The van der Waals surface area contributed by atoms with Crippen LogP contribution in [0.4, 0.5) is 5.69 Å². The average Bonchev–Trinajstić information content (AvgIpc) is 2.67. The van der Waals surface area contributed by atoms with E-state index >= 15 is 0 Å². The first-order valence-corrected chi connectivity index (χ1v) is 13.1. The van der Waals surface area contributed by atoms with Crippen molar-refractivity contribution in [1.82, 2.24) is 0 Å². The molecular formula is C22H37NO2Si. The lowest BCUT2D eigenvalue weighted by Crippen LogP contribution is -2.52. The Hall–Kier alpha value is -0.843. The molecule has 2 atom stereocenters. The van der Waals surface area contributed by atoms with E-state index in [1.54, 1.807) is 0 Å². The molecule has 0 saturated heterocycles. The zero-order valence-corrected chi connectivity index (χ0v) is 18.8. The average molecular weight is 376 g/mol. The molecule has 0 bridgehead atoms. The third-order valence-electron chi connectivity index (χ3n) is 7.14. The Morgan fingerprint density at radius 1 is 1.15 bits per heavy atom. The number of aliphatic hydroxyl groups is 1. The van der Waals surface area contributed by atoms with Gasteiger partial charge in [-0.25, -0.2) is 0 Å². The van der Waals surface area contributed by atoms with Gasteiger partial charge in [0, 0.05) is 19.2 Å². The molecule has 1 aliphatic carbocycles. The van der Waals surface area contributed by atoms with Crippen LogP contribution in [0, 0.1) is 5.92 Å². The standard InChI is InChI=1S/C22H37NO2Si/c1-16-8-10-17-12-19-14-22(24,15-25-26(6,7)21(2,3)4)23(5)20(19)13-18(17)11-9-16/h12-13,16,24H,8-11,14-15H2,1-7H3. The summed E-state index contributed by atoms with van der Waals surface area (Å²) in [6.45, 7) is 14.0. The van der Waals surface area contributed by atoms with Crippen molar-refractivity contribution in [3.63, 3.8) is 0 Å². The predicted octanol–water partition coefficient (Wildman–Crippen LogP) is 4.90. The number of nitrogens with zero attached hydrogens (tertiary/aromatic N) is 1. The van der Waals surface area contributed by atoms with Crippen LogP contribution in [0.1, 0.15) is 57.2 Å². The van der Waals surface area contributed by atoms with Crippen LogP contribution >= 0.6 is 0 Å². The Labute approximate surface area is 160 Å². The summed E-state index contributed by atoms with van der Waals surface area (Å²) in [5, 5.41) is 11.5. The number of aryl methyl sites for hydroxylation is 2. The van der Waals surface area contributed by atoms with Gasteiger partial charge >= 0.3 is 0 Å². The molecule has 1 aromatic rings. The van der Waals surface area contributed by atoms with Crippen LogP contribution in [0.25, 0.3) is 0 Å². The van der Waals surface area contributed by atoms with E-state index < -0.39 is 14.0 Å². The van der Waals surface area contributed by atoms with Crippen LogP contribution in [-0.2, 0) is 23.7 Å². The maximum atomic E-state index is 11.4. The number of benzene rings is 1. The van der Waals surface area contributed by atoms with Crippen LogP contribution in [0.2, 0.25) is 18.1 Å². The molecule has 1 N–H and O–H groups in total. The van der Waals surface area contributed by atoms with Gasteiger partial charge in [-0.3, -0.25) is 0 Å². The second kappa shape index (κ2) is 6.64. The number of hydrogen-bond donors (Lipinski definition) is 1. The molecule has 0 saturated carbocycles. The van der Waals surface area contributed by atoms with E-state index in [0.717, 1.165) is 12.3 Å².